The maximum Gasteiger partial charge on any atom is 0.266 e. The van der Waals surface area contributed by atoms with Crippen molar-refractivity contribution in [3.63, 3.8) is 0 Å². The van der Waals surface area contributed by atoms with Crippen molar-refractivity contribution in [3.8, 4) is 0 Å². The molecule has 0 saturated carbocycles. The van der Waals surface area contributed by atoms with Crippen molar-refractivity contribution in [2.75, 3.05) is 7.05 Å². The molecular weight excluding hydrogens is 204 g/mol. The highest BCUT2D eigenvalue weighted by molar-refractivity contribution is 5.97. The van der Waals surface area contributed by atoms with Crippen molar-refractivity contribution in [1.82, 2.24) is 15.5 Å². The second kappa shape index (κ2) is 4.06. The summed E-state index contributed by atoms with van der Waals surface area (Å²) in [5.41, 5.74) is 7.56. The second-order valence-corrected chi connectivity index (χ2v) is 3.40. The summed E-state index contributed by atoms with van der Waals surface area (Å²) in [5.74, 6) is -0.287. The Hall–Kier alpha value is -2.30. The lowest BCUT2D eigenvalue weighted by Gasteiger charge is -1.99. The first-order valence-electron chi connectivity index (χ1n) is 4.83. The van der Waals surface area contributed by atoms with Crippen molar-refractivity contribution in [2.45, 2.75) is 0 Å². The molecule has 0 saturated heterocycles. The fourth-order valence-electron chi connectivity index (χ4n) is 1.43. The Labute approximate surface area is 92.3 Å². The summed E-state index contributed by atoms with van der Waals surface area (Å²) >= 11 is 0. The average Bonchev–Trinajstić information content (AvgIpc) is 2.75. The molecule has 0 spiro atoms. The minimum absolute atomic E-state index is 0.182. The number of hydrogen-bond donors (Lipinski definition) is 3. The minimum Gasteiger partial charge on any atom is -0.394 e. The molecule has 5 heteroatoms. The smallest absolute Gasteiger partial charge is 0.266 e. The lowest BCUT2D eigenvalue weighted by molar-refractivity contribution is -0.117. The van der Waals surface area contributed by atoms with Crippen molar-refractivity contribution >= 4 is 22.9 Å². The lowest BCUT2D eigenvalue weighted by Crippen LogP contribution is -2.24. The number of nitrogens with zero attached hydrogens (tertiary/aromatic N) is 1. The van der Waals surface area contributed by atoms with Gasteiger partial charge < -0.3 is 11.1 Å². The molecule has 1 heterocycles. The van der Waals surface area contributed by atoms with E-state index in [1.54, 1.807) is 19.3 Å². The summed E-state index contributed by atoms with van der Waals surface area (Å²) < 4.78 is 0. The first kappa shape index (κ1) is 10.2. The molecule has 0 aliphatic heterocycles. The molecule has 1 aromatic heterocycles. The van der Waals surface area contributed by atoms with E-state index in [-0.39, 0.29) is 11.6 Å². The standard InChI is InChI=1S/C11H12N4O/c1-13-11(16)9(12)4-7-2-3-8-6-14-15-10(8)5-7/h2-6H,12H2,1H3,(H,13,16)(H,14,15)/b9-4-. The van der Waals surface area contributed by atoms with E-state index in [4.69, 9.17) is 5.73 Å². The van der Waals surface area contributed by atoms with E-state index < -0.39 is 0 Å². The number of likely N-dealkylation sites (N-methyl/N-ethyl adjacent to an activating group) is 1. The minimum atomic E-state index is -0.287. The molecule has 0 unspecified atom stereocenters. The topological polar surface area (TPSA) is 83.8 Å². The quantitative estimate of drug-likeness (QED) is 0.643. The maximum absolute atomic E-state index is 11.2. The predicted molar refractivity (Wildman–Crippen MR) is 62.3 cm³/mol. The van der Waals surface area contributed by atoms with Gasteiger partial charge in [-0.3, -0.25) is 9.89 Å². The zero-order valence-electron chi connectivity index (χ0n) is 8.82. The van der Waals surface area contributed by atoms with Gasteiger partial charge >= 0.3 is 0 Å². The third kappa shape index (κ3) is 1.88. The molecule has 0 fully saturated rings. The van der Waals surface area contributed by atoms with Crippen LogP contribution < -0.4 is 11.1 Å². The van der Waals surface area contributed by atoms with Crippen LogP contribution in [0.3, 0.4) is 0 Å². The van der Waals surface area contributed by atoms with E-state index in [9.17, 15) is 4.79 Å². The highest BCUT2D eigenvalue weighted by Gasteiger charge is 2.02. The van der Waals surface area contributed by atoms with E-state index in [1.807, 2.05) is 18.2 Å². The summed E-state index contributed by atoms with van der Waals surface area (Å²) in [6, 6.07) is 5.69. The monoisotopic (exact) mass is 216 g/mol. The Balaban J connectivity index is 2.36. The maximum atomic E-state index is 11.2. The number of fused-ring (bicyclic) bond motifs is 1. The molecule has 1 amide bonds. The van der Waals surface area contributed by atoms with E-state index in [0.29, 0.717) is 0 Å². The van der Waals surface area contributed by atoms with E-state index in [0.717, 1.165) is 16.5 Å². The average molecular weight is 216 g/mol. The van der Waals surface area contributed by atoms with Gasteiger partial charge in [0.15, 0.2) is 0 Å². The number of carbonyl (C=O) groups excluding carboxylic acids is 1. The molecule has 0 aliphatic rings. The first-order chi connectivity index (χ1) is 7.70. The van der Waals surface area contributed by atoms with Crippen LogP contribution in [0.4, 0.5) is 0 Å². The zero-order chi connectivity index (χ0) is 11.5. The Morgan fingerprint density at radius 1 is 1.56 bits per heavy atom. The Morgan fingerprint density at radius 2 is 2.38 bits per heavy atom. The third-order valence-electron chi connectivity index (χ3n) is 2.28. The first-order valence-corrected chi connectivity index (χ1v) is 4.83. The van der Waals surface area contributed by atoms with Gasteiger partial charge in [-0.25, -0.2) is 0 Å². The number of hydrogen-bond acceptors (Lipinski definition) is 3. The van der Waals surface area contributed by atoms with Gasteiger partial charge in [-0.1, -0.05) is 12.1 Å². The normalized spacial score (nSPS) is 11.7. The van der Waals surface area contributed by atoms with E-state index >= 15 is 0 Å². The highest BCUT2D eigenvalue weighted by atomic mass is 16.1. The summed E-state index contributed by atoms with van der Waals surface area (Å²) in [6.07, 6.45) is 3.37. The number of carbonyl (C=O) groups is 1. The largest absolute Gasteiger partial charge is 0.394 e. The molecule has 2 aromatic rings. The molecule has 0 radical (unpaired) electrons. The summed E-state index contributed by atoms with van der Waals surface area (Å²) in [7, 11) is 1.54. The van der Waals surface area contributed by atoms with Crippen LogP contribution in [0.1, 0.15) is 5.56 Å². The second-order valence-electron chi connectivity index (χ2n) is 3.40. The number of rotatable bonds is 2. The molecule has 82 valence electrons. The van der Waals surface area contributed by atoms with E-state index in [1.165, 1.54) is 0 Å². The van der Waals surface area contributed by atoms with Gasteiger partial charge in [-0.05, 0) is 17.7 Å². The molecule has 0 aliphatic carbocycles. The van der Waals surface area contributed by atoms with Crippen molar-refractivity contribution in [1.29, 1.82) is 0 Å². The zero-order valence-corrected chi connectivity index (χ0v) is 8.82. The van der Waals surface area contributed by atoms with Crippen LogP contribution in [-0.2, 0) is 4.79 Å². The Kier molecular flexibility index (Phi) is 2.59. The van der Waals surface area contributed by atoms with Crippen LogP contribution in [0.25, 0.3) is 17.0 Å². The number of benzene rings is 1. The van der Waals surface area contributed by atoms with Crippen molar-refractivity contribution < 1.29 is 4.79 Å². The predicted octanol–water partition coefficient (Wildman–Crippen LogP) is 0.608. The number of nitrogens with two attached hydrogens (primary N) is 1. The summed E-state index contributed by atoms with van der Waals surface area (Å²) in [4.78, 5) is 11.2. The van der Waals surface area contributed by atoms with Crippen molar-refractivity contribution in [3.05, 3.63) is 35.7 Å². The van der Waals surface area contributed by atoms with Crippen LogP contribution in [0.2, 0.25) is 0 Å². The Morgan fingerprint density at radius 3 is 3.12 bits per heavy atom. The highest BCUT2D eigenvalue weighted by Crippen LogP contribution is 2.14. The van der Waals surface area contributed by atoms with Gasteiger partial charge in [0, 0.05) is 12.4 Å². The van der Waals surface area contributed by atoms with Gasteiger partial charge in [0.05, 0.1) is 17.4 Å². The fourth-order valence-corrected chi connectivity index (χ4v) is 1.43. The Bertz CT molecular complexity index is 556. The van der Waals surface area contributed by atoms with Gasteiger partial charge in [-0.2, -0.15) is 5.10 Å². The van der Waals surface area contributed by atoms with Crippen LogP contribution in [0.15, 0.2) is 30.1 Å². The third-order valence-corrected chi connectivity index (χ3v) is 2.28. The molecular formula is C11H12N4O. The van der Waals surface area contributed by atoms with Gasteiger partial charge in [0.25, 0.3) is 5.91 Å². The summed E-state index contributed by atoms with van der Waals surface area (Å²) in [6.45, 7) is 0. The molecule has 16 heavy (non-hydrogen) atoms. The van der Waals surface area contributed by atoms with Crippen LogP contribution in [0.5, 0.6) is 0 Å². The number of nitrogens with one attached hydrogen (secondary N) is 2. The number of aromatic amines is 1. The molecule has 0 atom stereocenters. The number of amides is 1. The van der Waals surface area contributed by atoms with Crippen molar-refractivity contribution in [2.24, 2.45) is 5.73 Å². The molecule has 4 N–H and O–H groups in total. The van der Waals surface area contributed by atoms with Crippen LogP contribution in [0, 0.1) is 0 Å². The van der Waals surface area contributed by atoms with Gasteiger partial charge in [0.2, 0.25) is 0 Å². The van der Waals surface area contributed by atoms with Crippen LogP contribution >= 0.6 is 0 Å². The fraction of sp³-hybridized carbons (Fsp3) is 0.0909. The molecule has 0 bridgehead atoms. The number of aromatic nitrogens is 2. The van der Waals surface area contributed by atoms with Gasteiger partial charge in [-0.15, -0.1) is 0 Å². The number of H-pyrrole nitrogens is 1. The molecule has 5 nitrogen and oxygen atoms in total. The SMILES string of the molecule is CNC(=O)/C(N)=C/c1ccc2cn[nH]c2c1. The molecule has 2 rings (SSSR count). The van der Waals surface area contributed by atoms with Gasteiger partial charge in [0.1, 0.15) is 0 Å². The van der Waals surface area contributed by atoms with E-state index in [2.05, 4.69) is 15.5 Å². The van der Waals surface area contributed by atoms with Crippen LogP contribution in [-0.4, -0.2) is 23.2 Å². The lowest BCUT2D eigenvalue weighted by atomic mass is 10.1. The molecule has 1 aromatic carbocycles. The summed E-state index contributed by atoms with van der Waals surface area (Å²) in [5, 5.41) is 10.3.